The van der Waals surface area contributed by atoms with E-state index in [9.17, 15) is 22.6 Å². The molecule has 1 N–H and O–H groups in total. The van der Waals surface area contributed by atoms with Crippen LogP contribution in [-0.2, 0) is 19.7 Å². The smallest absolute Gasteiger partial charge is 0.265 e. The molecular weight excluding hydrogens is 448 g/mol. The highest BCUT2D eigenvalue weighted by Crippen LogP contribution is 2.67. The van der Waals surface area contributed by atoms with Crippen LogP contribution in [0.25, 0.3) is 12.2 Å². The summed E-state index contributed by atoms with van der Waals surface area (Å²) >= 11 is 0. The van der Waals surface area contributed by atoms with Crippen LogP contribution in [0.4, 0.5) is 0 Å². The highest BCUT2D eigenvalue weighted by atomic mass is 32.2. The van der Waals surface area contributed by atoms with Crippen molar-refractivity contribution in [3.63, 3.8) is 0 Å². The summed E-state index contributed by atoms with van der Waals surface area (Å²) in [5, 5.41) is 0. The van der Waals surface area contributed by atoms with E-state index in [-0.39, 0.29) is 28.3 Å². The molecule has 0 heterocycles. The Morgan fingerprint density at radius 3 is 1.76 bits per heavy atom. The number of ketones is 2. The van der Waals surface area contributed by atoms with Gasteiger partial charge in [0.2, 0.25) is 0 Å². The zero-order valence-corrected chi connectivity index (χ0v) is 21.5. The highest BCUT2D eigenvalue weighted by molar-refractivity contribution is 7.85. The molecule has 4 bridgehead atoms. The van der Waals surface area contributed by atoms with E-state index in [1.807, 2.05) is 50.3 Å². The zero-order chi connectivity index (χ0) is 24.9. The lowest BCUT2D eigenvalue weighted by Gasteiger charge is -2.34. The van der Waals surface area contributed by atoms with Crippen LogP contribution in [0.15, 0.2) is 35.4 Å². The minimum Gasteiger partial charge on any atom is -0.294 e. The topological polar surface area (TPSA) is 88.5 Å². The molecule has 4 fully saturated rings. The molecule has 1 aromatic rings. The molecule has 5 nitrogen and oxygen atoms in total. The molecule has 4 saturated carbocycles. The Hall–Kier alpha value is -2.05. The fourth-order valence-corrected chi connectivity index (χ4v) is 9.01. The number of fused-ring (bicyclic) bond motifs is 4. The van der Waals surface area contributed by atoms with Gasteiger partial charge in [0.15, 0.2) is 11.6 Å². The summed E-state index contributed by atoms with van der Waals surface area (Å²) in [5.41, 5.74) is 1.55. The summed E-state index contributed by atoms with van der Waals surface area (Å²) < 4.78 is 33.0. The number of carbonyl (C=O) groups excluding carboxylic acids is 2. The largest absolute Gasteiger partial charge is 0.294 e. The van der Waals surface area contributed by atoms with Crippen molar-refractivity contribution < 1.29 is 22.6 Å². The standard InChI is InChI=1S/C28H34O5S/c1-25(2)21-10-12-27(25,5)23(29)19(21)14-17-6-8-18(9-7-17)15-20-22-11-13-28(24(20)30,26(22,3)4)16-34(31,32)33/h6-9,14-15,21-22H,10-13,16H2,1-5H3,(H,31,32,33)/b19-14-,20-15-. The van der Waals surface area contributed by atoms with Gasteiger partial charge >= 0.3 is 0 Å². The number of benzene rings is 1. The minimum atomic E-state index is -4.27. The molecule has 34 heavy (non-hydrogen) atoms. The Kier molecular flexibility index (Phi) is 4.88. The van der Waals surface area contributed by atoms with E-state index in [1.54, 1.807) is 0 Å². The number of allylic oxidation sites excluding steroid dienone is 2. The van der Waals surface area contributed by atoms with Gasteiger partial charge in [-0.05, 0) is 77.2 Å². The monoisotopic (exact) mass is 482 g/mol. The molecule has 5 rings (SSSR count). The van der Waals surface area contributed by atoms with Crippen LogP contribution in [-0.4, -0.2) is 30.3 Å². The van der Waals surface area contributed by atoms with Gasteiger partial charge in [-0.15, -0.1) is 0 Å². The summed E-state index contributed by atoms with van der Waals surface area (Å²) in [6, 6.07) is 7.85. The summed E-state index contributed by atoms with van der Waals surface area (Å²) in [6.07, 6.45) is 7.14. The van der Waals surface area contributed by atoms with Gasteiger partial charge in [0.05, 0.1) is 11.2 Å². The van der Waals surface area contributed by atoms with E-state index in [1.165, 1.54) is 0 Å². The number of carbonyl (C=O) groups is 2. The lowest BCUT2D eigenvalue weighted by Crippen LogP contribution is -2.42. The van der Waals surface area contributed by atoms with E-state index in [0.29, 0.717) is 17.9 Å². The van der Waals surface area contributed by atoms with Gasteiger partial charge in [0.1, 0.15) is 0 Å². The van der Waals surface area contributed by atoms with Crippen LogP contribution in [0.2, 0.25) is 0 Å². The highest BCUT2D eigenvalue weighted by Gasteiger charge is 2.67. The molecule has 4 aliphatic carbocycles. The van der Waals surface area contributed by atoms with Crippen LogP contribution in [0.3, 0.4) is 0 Å². The molecule has 0 saturated heterocycles. The normalized spacial score (nSPS) is 37.9. The molecule has 182 valence electrons. The predicted octanol–water partition coefficient (Wildman–Crippen LogP) is 5.37. The fourth-order valence-electron chi connectivity index (χ4n) is 7.73. The number of rotatable bonds is 4. The van der Waals surface area contributed by atoms with Gasteiger partial charge in [-0.1, -0.05) is 58.9 Å². The first-order chi connectivity index (χ1) is 15.6. The number of hydrogen-bond acceptors (Lipinski definition) is 4. The second-order valence-electron chi connectivity index (χ2n) is 12.3. The molecular formula is C28H34O5S. The van der Waals surface area contributed by atoms with Crippen LogP contribution in [0.5, 0.6) is 0 Å². The first-order valence-electron chi connectivity index (χ1n) is 12.2. The summed E-state index contributed by atoms with van der Waals surface area (Å²) in [7, 11) is -4.27. The van der Waals surface area contributed by atoms with E-state index < -0.39 is 26.7 Å². The summed E-state index contributed by atoms with van der Waals surface area (Å²) in [5.74, 6) is -0.131. The van der Waals surface area contributed by atoms with Crippen molar-refractivity contribution in [2.45, 2.75) is 60.3 Å². The Labute approximate surface area is 202 Å². The lowest BCUT2D eigenvalue weighted by atomic mass is 9.70. The zero-order valence-electron chi connectivity index (χ0n) is 20.6. The number of hydrogen-bond donors (Lipinski definition) is 1. The Morgan fingerprint density at radius 2 is 1.29 bits per heavy atom. The molecule has 4 unspecified atom stereocenters. The maximum atomic E-state index is 13.4. The first kappa shape index (κ1) is 23.7. The van der Waals surface area contributed by atoms with Gasteiger partial charge in [-0.2, -0.15) is 8.42 Å². The average molecular weight is 483 g/mol. The van der Waals surface area contributed by atoms with Crippen molar-refractivity contribution in [3.05, 3.63) is 46.5 Å². The van der Waals surface area contributed by atoms with Gasteiger partial charge in [0, 0.05) is 11.0 Å². The minimum absolute atomic E-state index is 0.0206. The van der Waals surface area contributed by atoms with Crippen molar-refractivity contribution in [2.24, 2.45) is 33.5 Å². The third-order valence-electron chi connectivity index (χ3n) is 10.4. The van der Waals surface area contributed by atoms with Gasteiger partial charge in [-0.25, -0.2) is 0 Å². The number of Topliss-reactive ketones (excluding diaryl/α,β-unsaturated/α-hetero) is 2. The maximum absolute atomic E-state index is 13.4. The van der Waals surface area contributed by atoms with Crippen molar-refractivity contribution in [2.75, 3.05) is 5.75 Å². The Balaban J connectivity index is 1.44. The van der Waals surface area contributed by atoms with Crippen LogP contribution in [0, 0.1) is 33.5 Å². The predicted molar refractivity (Wildman–Crippen MR) is 132 cm³/mol. The second-order valence-corrected chi connectivity index (χ2v) is 13.7. The van der Waals surface area contributed by atoms with Gasteiger partial charge < -0.3 is 0 Å². The lowest BCUT2D eigenvalue weighted by molar-refractivity contribution is -0.126. The van der Waals surface area contributed by atoms with Crippen LogP contribution >= 0.6 is 0 Å². The van der Waals surface area contributed by atoms with Gasteiger partial charge in [0.25, 0.3) is 10.1 Å². The van der Waals surface area contributed by atoms with E-state index in [0.717, 1.165) is 36.0 Å². The molecule has 0 spiro atoms. The van der Waals surface area contributed by atoms with Crippen molar-refractivity contribution >= 4 is 33.8 Å². The maximum Gasteiger partial charge on any atom is 0.265 e. The van der Waals surface area contributed by atoms with Crippen molar-refractivity contribution in [1.82, 2.24) is 0 Å². The summed E-state index contributed by atoms with van der Waals surface area (Å²) in [4.78, 5) is 26.5. The van der Waals surface area contributed by atoms with E-state index in [4.69, 9.17) is 0 Å². The Morgan fingerprint density at radius 1 is 0.824 bits per heavy atom. The average Bonchev–Trinajstić information content (AvgIpc) is 3.22. The molecule has 0 amide bonds. The molecule has 4 atom stereocenters. The molecule has 0 radical (unpaired) electrons. The molecule has 1 aromatic carbocycles. The fraction of sp³-hybridized carbons (Fsp3) is 0.571. The SMILES string of the molecule is CC12CCC(/C(=C/c3ccc(/C=C4\C(=O)C5(CS(=O)(=O)O)CCC4C5(C)C)cc3)C1=O)C2(C)C. The third-order valence-corrected chi connectivity index (χ3v) is 11.3. The van der Waals surface area contributed by atoms with E-state index >= 15 is 0 Å². The molecule has 6 heteroatoms. The third kappa shape index (κ3) is 2.97. The molecule has 0 aromatic heterocycles. The quantitative estimate of drug-likeness (QED) is 0.460. The van der Waals surface area contributed by atoms with Gasteiger partial charge in [-0.3, -0.25) is 14.1 Å². The van der Waals surface area contributed by atoms with Crippen LogP contribution < -0.4 is 0 Å². The van der Waals surface area contributed by atoms with Crippen molar-refractivity contribution in [1.29, 1.82) is 0 Å². The van der Waals surface area contributed by atoms with Crippen LogP contribution in [0.1, 0.15) is 71.4 Å². The summed E-state index contributed by atoms with van der Waals surface area (Å²) in [6.45, 7) is 10.4. The second kappa shape index (κ2) is 7.01. The van der Waals surface area contributed by atoms with E-state index in [2.05, 4.69) is 20.8 Å². The first-order valence-corrected chi connectivity index (χ1v) is 13.8. The Bertz CT molecular complexity index is 1260. The molecule has 4 aliphatic rings. The molecule has 0 aliphatic heterocycles. The van der Waals surface area contributed by atoms with Crippen molar-refractivity contribution in [3.8, 4) is 0 Å².